The molecule has 1 aromatic carbocycles. The van der Waals surface area contributed by atoms with E-state index >= 15 is 0 Å². The maximum absolute atomic E-state index is 11.4. The number of carbonyl (C=O) groups is 1. The average molecular weight is 277 g/mol. The lowest BCUT2D eigenvalue weighted by Crippen LogP contribution is -2.18. The van der Waals surface area contributed by atoms with Gasteiger partial charge in [-0.3, -0.25) is 4.79 Å². The first-order valence-corrected chi connectivity index (χ1v) is 7.66. The van der Waals surface area contributed by atoms with E-state index in [2.05, 4.69) is 43.1 Å². The van der Waals surface area contributed by atoms with Crippen molar-refractivity contribution >= 4 is 11.7 Å². The van der Waals surface area contributed by atoms with Crippen LogP contribution in [0.1, 0.15) is 45.4 Å². The van der Waals surface area contributed by atoms with Crippen molar-refractivity contribution in [1.29, 1.82) is 0 Å². The third kappa shape index (κ3) is 7.17. The molecular formula is C17H27NO2. The van der Waals surface area contributed by atoms with Crippen LogP contribution in [-0.4, -0.2) is 26.2 Å². The predicted octanol–water partition coefficient (Wildman–Crippen LogP) is 4.03. The molecule has 0 radical (unpaired) electrons. The molecule has 0 aromatic heterocycles. The fourth-order valence-electron chi connectivity index (χ4n) is 2.01. The Kier molecular flexibility index (Phi) is 8.52. The number of hydrogen-bond donors (Lipinski definition) is 0. The number of benzene rings is 1. The summed E-state index contributed by atoms with van der Waals surface area (Å²) in [6.07, 6.45) is 5.69. The van der Waals surface area contributed by atoms with E-state index in [1.54, 1.807) is 0 Å². The molecule has 1 aromatic rings. The molecule has 0 aliphatic heterocycles. The largest absolute Gasteiger partial charge is 0.466 e. The first-order valence-electron chi connectivity index (χ1n) is 7.66. The summed E-state index contributed by atoms with van der Waals surface area (Å²) in [5.74, 6) is -0.0464. The molecule has 0 aliphatic carbocycles. The van der Waals surface area contributed by atoms with Crippen LogP contribution in [-0.2, 0) is 9.53 Å². The highest BCUT2D eigenvalue weighted by atomic mass is 16.5. The minimum atomic E-state index is -0.0464. The van der Waals surface area contributed by atoms with Gasteiger partial charge in [0.1, 0.15) is 0 Å². The van der Waals surface area contributed by atoms with Gasteiger partial charge in [-0.15, -0.1) is 0 Å². The smallest absolute Gasteiger partial charge is 0.305 e. The maximum atomic E-state index is 11.4. The summed E-state index contributed by atoms with van der Waals surface area (Å²) in [6.45, 7) is 3.69. The molecule has 3 nitrogen and oxygen atoms in total. The van der Waals surface area contributed by atoms with E-state index in [1.807, 2.05) is 6.07 Å². The normalized spacial score (nSPS) is 10.3. The van der Waals surface area contributed by atoms with E-state index in [-0.39, 0.29) is 5.97 Å². The minimum absolute atomic E-state index is 0.0464. The summed E-state index contributed by atoms with van der Waals surface area (Å²) in [5.41, 5.74) is 1.24. The summed E-state index contributed by atoms with van der Waals surface area (Å²) in [4.78, 5) is 13.7. The molecule has 0 atom stereocenters. The molecule has 0 amide bonds. The van der Waals surface area contributed by atoms with Crippen molar-refractivity contribution in [2.75, 3.05) is 25.1 Å². The zero-order chi connectivity index (χ0) is 14.6. The molecule has 0 fully saturated rings. The Morgan fingerprint density at radius 3 is 2.55 bits per heavy atom. The number of para-hydroxylation sites is 1. The van der Waals surface area contributed by atoms with Gasteiger partial charge in [0.15, 0.2) is 0 Å². The molecule has 0 bridgehead atoms. The van der Waals surface area contributed by atoms with Gasteiger partial charge in [-0.2, -0.15) is 0 Å². The Balaban J connectivity index is 2.03. The number of esters is 1. The molecule has 1 rings (SSSR count). The van der Waals surface area contributed by atoms with Crippen molar-refractivity contribution < 1.29 is 9.53 Å². The van der Waals surface area contributed by atoms with Crippen LogP contribution in [0, 0.1) is 0 Å². The second-order valence-corrected chi connectivity index (χ2v) is 5.14. The molecule has 0 saturated carbocycles. The molecule has 0 saturated heterocycles. The van der Waals surface area contributed by atoms with E-state index in [1.165, 1.54) is 5.69 Å². The highest BCUT2D eigenvalue weighted by Gasteiger charge is 2.03. The number of rotatable bonds is 10. The van der Waals surface area contributed by atoms with Crippen LogP contribution in [0.15, 0.2) is 30.3 Å². The molecule has 0 unspecified atom stereocenters. The van der Waals surface area contributed by atoms with Crippen LogP contribution in [0.25, 0.3) is 0 Å². The lowest BCUT2D eigenvalue weighted by atomic mass is 10.2. The van der Waals surface area contributed by atoms with E-state index in [4.69, 9.17) is 4.74 Å². The molecule has 0 aliphatic rings. The van der Waals surface area contributed by atoms with Gasteiger partial charge < -0.3 is 9.64 Å². The molecule has 112 valence electrons. The van der Waals surface area contributed by atoms with Crippen molar-refractivity contribution in [2.24, 2.45) is 0 Å². The van der Waals surface area contributed by atoms with Gasteiger partial charge in [-0.25, -0.2) is 0 Å². The number of carbonyl (C=O) groups excluding carboxylic acids is 1. The van der Waals surface area contributed by atoms with E-state index in [0.717, 1.165) is 38.6 Å². The number of hydrogen-bond acceptors (Lipinski definition) is 3. The van der Waals surface area contributed by atoms with Crippen LogP contribution in [0.4, 0.5) is 5.69 Å². The molecule has 0 spiro atoms. The van der Waals surface area contributed by atoms with Gasteiger partial charge in [-0.05, 0) is 31.4 Å². The van der Waals surface area contributed by atoms with Gasteiger partial charge in [0.05, 0.1) is 6.61 Å². The first kappa shape index (κ1) is 16.5. The van der Waals surface area contributed by atoms with Gasteiger partial charge in [0.2, 0.25) is 0 Å². The molecule has 0 N–H and O–H groups in total. The first-order chi connectivity index (χ1) is 9.74. The number of anilines is 1. The number of nitrogens with zero attached hydrogens (tertiary/aromatic N) is 1. The third-order valence-electron chi connectivity index (χ3n) is 3.33. The van der Waals surface area contributed by atoms with Crippen molar-refractivity contribution in [3.63, 3.8) is 0 Å². The number of ether oxygens (including phenoxy) is 1. The monoisotopic (exact) mass is 277 g/mol. The second-order valence-electron chi connectivity index (χ2n) is 5.14. The molecule has 20 heavy (non-hydrogen) atoms. The topological polar surface area (TPSA) is 29.5 Å². The van der Waals surface area contributed by atoms with Crippen LogP contribution in [0.3, 0.4) is 0 Å². The zero-order valence-corrected chi connectivity index (χ0v) is 12.8. The highest BCUT2D eigenvalue weighted by molar-refractivity contribution is 5.69. The maximum Gasteiger partial charge on any atom is 0.305 e. The summed E-state index contributed by atoms with van der Waals surface area (Å²) >= 11 is 0. The Morgan fingerprint density at radius 1 is 1.10 bits per heavy atom. The van der Waals surface area contributed by atoms with Crippen LogP contribution < -0.4 is 4.90 Å². The second kappa shape index (κ2) is 10.3. The lowest BCUT2D eigenvalue weighted by molar-refractivity contribution is -0.143. The van der Waals surface area contributed by atoms with E-state index in [9.17, 15) is 4.79 Å². The summed E-state index contributed by atoms with van der Waals surface area (Å²) in [7, 11) is 2.11. The summed E-state index contributed by atoms with van der Waals surface area (Å²) < 4.78 is 5.13. The molecule has 3 heteroatoms. The Bertz CT molecular complexity index is 365. The number of unbranched alkanes of at least 4 members (excludes halogenated alkanes) is 3. The average Bonchev–Trinajstić information content (AvgIpc) is 2.48. The SMILES string of the molecule is CCCCOC(=O)CCCCCN(C)c1ccccc1. The Morgan fingerprint density at radius 2 is 1.85 bits per heavy atom. The van der Waals surface area contributed by atoms with Crippen LogP contribution >= 0.6 is 0 Å². The lowest BCUT2D eigenvalue weighted by Gasteiger charge is -2.18. The van der Waals surface area contributed by atoms with Crippen molar-refractivity contribution in [3.8, 4) is 0 Å². The zero-order valence-electron chi connectivity index (χ0n) is 12.8. The van der Waals surface area contributed by atoms with Crippen molar-refractivity contribution in [1.82, 2.24) is 0 Å². The van der Waals surface area contributed by atoms with Gasteiger partial charge in [0.25, 0.3) is 0 Å². The van der Waals surface area contributed by atoms with Crippen molar-refractivity contribution in [3.05, 3.63) is 30.3 Å². The molecular weight excluding hydrogens is 250 g/mol. The predicted molar refractivity (Wildman–Crippen MR) is 84.0 cm³/mol. The Hall–Kier alpha value is -1.51. The Labute approximate surface area is 122 Å². The standard InChI is InChI=1S/C17H27NO2/c1-3-4-15-20-17(19)13-9-6-10-14-18(2)16-11-7-5-8-12-16/h5,7-8,11-12H,3-4,6,9-10,13-15H2,1-2H3. The van der Waals surface area contributed by atoms with Gasteiger partial charge >= 0.3 is 5.97 Å². The summed E-state index contributed by atoms with van der Waals surface area (Å²) in [6, 6.07) is 10.4. The van der Waals surface area contributed by atoms with Crippen LogP contribution in [0.5, 0.6) is 0 Å². The fraction of sp³-hybridized carbons (Fsp3) is 0.588. The van der Waals surface area contributed by atoms with Crippen molar-refractivity contribution in [2.45, 2.75) is 45.4 Å². The summed E-state index contributed by atoms with van der Waals surface area (Å²) in [5, 5.41) is 0. The highest BCUT2D eigenvalue weighted by Crippen LogP contribution is 2.12. The minimum Gasteiger partial charge on any atom is -0.466 e. The van der Waals surface area contributed by atoms with Gasteiger partial charge in [-0.1, -0.05) is 38.0 Å². The quantitative estimate of drug-likeness (QED) is 0.478. The third-order valence-corrected chi connectivity index (χ3v) is 3.33. The molecule has 0 heterocycles. The van der Waals surface area contributed by atoms with E-state index in [0.29, 0.717) is 13.0 Å². The van der Waals surface area contributed by atoms with Gasteiger partial charge in [0, 0.05) is 25.7 Å². The fourth-order valence-corrected chi connectivity index (χ4v) is 2.01. The van der Waals surface area contributed by atoms with Crippen LogP contribution in [0.2, 0.25) is 0 Å². The van der Waals surface area contributed by atoms with E-state index < -0.39 is 0 Å².